The van der Waals surface area contributed by atoms with E-state index >= 15 is 0 Å². The molecule has 1 unspecified atom stereocenters. The molecule has 2 aliphatic rings. The lowest BCUT2D eigenvalue weighted by atomic mass is 9.95. The number of methoxy groups -OCH3 is 1. The molecule has 1 aliphatic heterocycles. The van der Waals surface area contributed by atoms with Crippen LogP contribution in [-0.2, 0) is 12.8 Å². The molecule has 5 nitrogen and oxygen atoms in total. The quantitative estimate of drug-likeness (QED) is 0.942. The van der Waals surface area contributed by atoms with Crippen molar-refractivity contribution in [2.75, 3.05) is 13.7 Å². The molecule has 0 bridgehead atoms. The number of aryl methyl sites for hydroxylation is 1. The fourth-order valence-electron chi connectivity index (χ4n) is 4.07. The van der Waals surface area contributed by atoms with Crippen LogP contribution >= 0.6 is 0 Å². The summed E-state index contributed by atoms with van der Waals surface area (Å²) in [6, 6.07) is 8.08. The minimum Gasteiger partial charge on any atom is -0.496 e. The monoisotopic (exact) mass is 325 g/mol. The maximum Gasteiger partial charge on any atom is 0.275 e. The van der Waals surface area contributed by atoms with Gasteiger partial charge in [-0.15, -0.1) is 0 Å². The summed E-state index contributed by atoms with van der Waals surface area (Å²) in [5, 5.41) is 7.45. The van der Waals surface area contributed by atoms with E-state index in [2.05, 4.69) is 16.3 Å². The molecule has 4 rings (SSSR count). The third-order valence-corrected chi connectivity index (χ3v) is 5.27. The number of hydrogen-bond donors (Lipinski definition) is 1. The molecule has 24 heavy (non-hydrogen) atoms. The molecule has 1 atom stereocenters. The molecule has 2 aromatic rings. The molecule has 0 radical (unpaired) electrons. The molecule has 0 spiro atoms. The smallest absolute Gasteiger partial charge is 0.275 e. The van der Waals surface area contributed by atoms with Crippen LogP contribution in [0.2, 0.25) is 0 Å². The van der Waals surface area contributed by atoms with Crippen LogP contribution < -0.4 is 4.74 Å². The highest BCUT2D eigenvalue weighted by molar-refractivity contribution is 5.94. The Kier molecular flexibility index (Phi) is 4.00. The number of aromatic amines is 1. The van der Waals surface area contributed by atoms with Crippen molar-refractivity contribution in [3.8, 4) is 5.75 Å². The molecule has 1 fully saturated rings. The molecular formula is C19H23N3O2. The summed E-state index contributed by atoms with van der Waals surface area (Å²) in [6.07, 6.45) is 6.27. The molecule has 1 N–H and O–H groups in total. The van der Waals surface area contributed by atoms with Gasteiger partial charge in [-0.05, 0) is 44.6 Å². The molecule has 1 aromatic carbocycles. The minimum absolute atomic E-state index is 0.0582. The van der Waals surface area contributed by atoms with E-state index in [-0.39, 0.29) is 11.9 Å². The van der Waals surface area contributed by atoms with Crippen molar-refractivity contribution in [2.45, 2.75) is 44.6 Å². The third-order valence-electron chi connectivity index (χ3n) is 5.27. The summed E-state index contributed by atoms with van der Waals surface area (Å²) in [7, 11) is 1.68. The topological polar surface area (TPSA) is 58.2 Å². The summed E-state index contributed by atoms with van der Waals surface area (Å²) >= 11 is 0. The van der Waals surface area contributed by atoms with Crippen LogP contribution in [0.5, 0.6) is 5.75 Å². The van der Waals surface area contributed by atoms with Gasteiger partial charge >= 0.3 is 0 Å². The lowest BCUT2D eigenvalue weighted by molar-refractivity contribution is 0.0727. The number of benzene rings is 1. The zero-order chi connectivity index (χ0) is 16.5. The number of carbonyl (C=O) groups is 1. The van der Waals surface area contributed by atoms with Gasteiger partial charge in [0.05, 0.1) is 13.2 Å². The van der Waals surface area contributed by atoms with E-state index in [0.717, 1.165) is 61.2 Å². The third kappa shape index (κ3) is 2.48. The fraction of sp³-hybridized carbons (Fsp3) is 0.474. The predicted octanol–water partition coefficient (Wildman–Crippen LogP) is 3.27. The van der Waals surface area contributed by atoms with Gasteiger partial charge < -0.3 is 9.64 Å². The molecule has 2 heterocycles. The zero-order valence-corrected chi connectivity index (χ0v) is 14.0. The highest BCUT2D eigenvalue weighted by atomic mass is 16.5. The number of ether oxygens (including phenoxy) is 1. The number of aromatic nitrogens is 2. The lowest BCUT2D eigenvalue weighted by Crippen LogP contribution is -2.31. The van der Waals surface area contributed by atoms with E-state index in [1.165, 1.54) is 6.42 Å². The number of H-pyrrole nitrogens is 1. The summed E-state index contributed by atoms with van der Waals surface area (Å²) < 4.78 is 5.51. The number of amides is 1. The number of para-hydroxylation sites is 1. The van der Waals surface area contributed by atoms with E-state index in [1.54, 1.807) is 7.11 Å². The summed E-state index contributed by atoms with van der Waals surface area (Å²) in [4.78, 5) is 15.1. The van der Waals surface area contributed by atoms with Gasteiger partial charge in [-0.3, -0.25) is 9.89 Å². The van der Waals surface area contributed by atoms with Crippen LogP contribution in [0.3, 0.4) is 0 Å². The zero-order valence-electron chi connectivity index (χ0n) is 14.0. The number of carbonyl (C=O) groups excluding carboxylic acids is 1. The lowest BCUT2D eigenvalue weighted by Gasteiger charge is -2.26. The van der Waals surface area contributed by atoms with E-state index in [9.17, 15) is 4.79 Å². The Hall–Kier alpha value is -2.30. The van der Waals surface area contributed by atoms with Crippen LogP contribution in [0.1, 0.15) is 59.0 Å². The molecule has 1 aromatic heterocycles. The van der Waals surface area contributed by atoms with Crippen molar-refractivity contribution in [3.63, 3.8) is 0 Å². The highest BCUT2D eigenvalue weighted by Crippen LogP contribution is 2.38. The van der Waals surface area contributed by atoms with Crippen molar-refractivity contribution in [1.29, 1.82) is 0 Å². The highest BCUT2D eigenvalue weighted by Gasteiger charge is 2.35. The maximum atomic E-state index is 13.2. The van der Waals surface area contributed by atoms with E-state index < -0.39 is 0 Å². The molecular weight excluding hydrogens is 302 g/mol. The SMILES string of the molecule is COc1ccccc1C1CCCN1C(=O)c1n[nH]c2c1CCCC2. The second-order valence-electron chi connectivity index (χ2n) is 6.63. The maximum absolute atomic E-state index is 13.2. The van der Waals surface area contributed by atoms with Crippen LogP contribution in [0.25, 0.3) is 0 Å². The van der Waals surface area contributed by atoms with Crippen molar-refractivity contribution in [2.24, 2.45) is 0 Å². The van der Waals surface area contributed by atoms with Gasteiger partial charge in [0, 0.05) is 23.4 Å². The Morgan fingerprint density at radius 1 is 1.25 bits per heavy atom. The Bertz CT molecular complexity index is 753. The number of hydrogen-bond acceptors (Lipinski definition) is 3. The molecule has 1 saturated heterocycles. The number of likely N-dealkylation sites (tertiary alicyclic amines) is 1. The van der Waals surface area contributed by atoms with E-state index in [4.69, 9.17) is 4.74 Å². The standard InChI is InChI=1S/C19H23N3O2/c1-24-17-11-5-3-8-14(17)16-10-6-12-22(16)19(23)18-13-7-2-4-9-15(13)20-21-18/h3,5,8,11,16H,2,4,6-7,9-10,12H2,1H3,(H,20,21). The van der Waals surface area contributed by atoms with Crippen LogP contribution in [0.4, 0.5) is 0 Å². The second kappa shape index (κ2) is 6.30. The first-order valence-corrected chi connectivity index (χ1v) is 8.79. The van der Waals surface area contributed by atoms with E-state index in [0.29, 0.717) is 5.69 Å². The Balaban J connectivity index is 1.65. The minimum atomic E-state index is 0.0582. The fourth-order valence-corrected chi connectivity index (χ4v) is 4.07. The predicted molar refractivity (Wildman–Crippen MR) is 91.2 cm³/mol. The Labute approximate surface area is 142 Å². The van der Waals surface area contributed by atoms with Gasteiger partial charge in [0.2, 0.25) is 0 Å². The van der Waals surface area contributed by atoms with Crippen molar-refractivity contribution in [1.82, 2.24) is 15.1 Å². The van der Waals surface area contributed by atoms with Crippen molar-refractivity contribution in [3.05, 3.63) is 46.8 Å². The molecule has 1 amide bonds. The van der Waals surface area contributed by atoms with Crippen molar-refractivity contribution >= 4 is 5.91 Å². The van der Waals surface area contributed by atoms with Gasteiger partial charge in [0.15, 0.2) is 5.69 Å². The van der Waals surface area contributed by atoms with Crippen LogP contribution in [-0.4, -0.2) is 34.7 Å². The van der Waals surface area contributed by atoms with Gasteiger partial charge in [0.1, 0.15) is 5.75 Å². The number of rotatable bonds is 3. The summed E-state index contributed by atoms with van der Waals surface area (Å²) in [5.74, 6) is 0.911. The molecule has 0 saturated carbocycles. The largest absolute Gasteiger partial charge is 0.496 e. The Morgan fingerprint density at radius 3 is 2.96 bits per heavy atom. The van der Waals surface area contributed by atoms with E-state index in [1.807, 2.05) is 23.1 Å². The average Bonchev–Trinajstić information content (AvgIpc) is 3.28. The average molecular weight is 325 g/mol. The summed E-state index contributed by atoms with van der Waals surface area (Å²) in [5.41, 5.74) is 4.01. The number of nitrogens with one attached hydrogen (secondary N) is 1. The van der Waals surface area contributed by atoms with Gasteiger partial charge in [0.25, 0.3) is 5.91 Å². The molecule has 5 heteroatoms. The second-order valence-corrected chi connectivity index (χ2v) is 6.63. The van der Waals surface area contributed by atoms with Crippen LogP contribution in [0, 0.1) is 0 Å². The number of fused-ring (bicyclic) bond motifs is 1. The van der Waals surface area contributed by atoms with Gasteiger partial charge in [-0.25, -0.2) is 0 Å². The summed E-state index contributed by atoms with van der Waals surface area (Å²) in [6.45, 7) is 0.781. The number of nitrogens with zero attached hydrogens (tertiary/aromatic N) is 2. The van der Waals surface area contributed by atoms with Crippen LogP contribution in [0.15, 0.2) is 24.3 Å². The molecule has 1 aliphatic carbocycles. The first-order chi connectivity index (χ1) is 11.8. The first-order valence-electron chi connectivity index (χ1n) is 8.79. The Morgan fingerprint density at radius 2 is 2.08 bits per heavy atom. The van der Waals surface area contributed by atoms with Gasteiger partial charge in [-0.1, -0.05) is 18.2 Å². The van der Waals surface area contributed by atoms with Gasteiger partial charge in [-0.2, -0.15) is 5.10 Å². The van der Waals surface area contributed by atoms with Crippen molar-refractivity contribution < 1.29 is 9.53 Å². The normalized spacial score (nSPS) is 20.0. The first kappa shape index (κ1) is 15.2. The molecule has 126 valence electrons.